The average molecular weight is 244 g/mol. The Morgan fingerprint density at radius 1 is 1.39 bits per heavy atom. The van der Waals surface area contributed by atoms with Crippen molar-refractivity contribution in [2.45, 2.75) is 45.3 Å². The van der Waals surface area contributed by atoms with Crippen molar-refractivity contribution in [3.8, 4) is 0 Å². The topological polar surface area (TPSA) is 48.8 Å². The van der Waals surface area contributed by atoms with Gasteiger partial charge in [-0.2, -0.15) is 5.10 Å². The van der Waals surface area contributed by atoms with Crippen molar-refractivity contribution in [3.63, 3.8) is 0 Å². The molecule has 0 fully saturated rings. The van der Waals surface area contributed by atoms with Gasteiger partial charge in [0.05, 0.1) is 12.7 Å². The van der Waals surface area contributed by atoms with E-state index in [-0.39, 0.29) is 6.04 Å². The molecule has 2 heterocycles. The van der Waals surface area contributed by atoms with Crippen molar-refractivity contribution in [2.24, 2.45) is 5.73 Å². The van der Waals surface area contributed by atoms with E-state index in [0.717, 1.165) is 19.5 Å². The lowest BCUT2D eigenvalue weighted by Gasteiger charge is -2.17. The lowest BCUT2D eigenvalue weighted by Crippen LogP contribution is -2.15. The van der Waals surface area contributed by atoms with Crippen molar-refractivity contribution < 1.29 is 0 Å². The van der Waals surface area contributed by atoms with Crippen LogP contribution in [0.4, 0.5) is 0 Å². The summed E-state index contributed by atoms with van der Waals surface area (Å²) in [4.78, 5) is 0. The zero-order valence-electron chi connectivity index (χ0n) is 10.8. The van der Waals surface area contributed by atoms with Crippen LogP contribution in [0.15, 0.2) is 24.8 Å². The Balaban J connectivity index is 1.81. The van der Waals surface area contributed by atoms with Gasteiger partial charge in [0.15, 0.2) is 0 Å². The molecule has 96 valence electrons. The van der Waals surface area contributed by atoms with Crippen LogP contribution in [0.25, 0.3) is 0 Å². The van der Waals surface area contributed by atoms with Gasteiger partial charge in [-0.3, -0.25) is 4.68 Å². The van der Waals surface area contributed by atoms with Crippen LogP contribution in [0.1, 0.15) is 42.5 Å². The molecule has 0 amide bonds. The van der Waals surface area contributed by atoms with Crippen LogP contribution >= 0.6 is 0 Å². The molecule has 3 rings (SSSR count). The third kappa shape index (κ3) is 2.08. The SMILES string of the molecule is CCn1cc(Cn2cc3c(c2)C(N)CCC3)cn1. The highest BCUT2D eigenvalue weighted by Gasteiger charge is 2.18. The predicted molar refractivity (Wildman–Crippen MR) is 71.3 cm³/mol. The van der Waals surface area contributed by atoms with Crippen molar-refractivity contribution >= 4 is 0 Å². The molecule has 2 aromatic heterocycles. The van der Waals surface area contributed by atoms with Crippen molar-refractivity contribution in [3.05, 3.63) is 41.5 Å². The largest absolute Gasteiger partial charge is 0.349 e. The number of nitrogens with two attached hydrogens (primary N) is 1. The molecule has 1 unspecified atom stereocenters. The second-order valence-corrected chi connectivity index (χ2v) is 5.11. The molecule has 0 spiro atoms. The molecule has 0 radical (unpaired) electrons. The molecule has 1 aliphatic rings. The number of aryl methyl sites for hydroxylation is 2. The second kappa shape index (κ2) is 4.61. The van der Waals surface area contributed by atoms with Gasteiger partial charge in [0.25, 0.3) is 0 Å². The zero-order chi connectivity index (χ0) is 12.5. The Morgan fingerprint density at radius 3 is 3.00 bits per heavy atom. The van der Waals surface area contributed by atoms with E-state index in [4.69, 9.17) is 5.73 Å². The number of hydrogen-bond acceptors (Lipinski definition) is 2. The Morgan fingerprint density at radius 2 is 2.28 bits per heavy atom. The summed E-state index contributed by atoms with van der Waals surface area (Å²) < 4.78 is 4.21. The van der Waals surface area contributed by atoms with E-state index in [1.807, 2.05) is 10.9 Å². The smallest absolute Gasteiger partial charge is 0.0539 e. The molecule has 2 N–H and O–H groups in total. The molecule has 0 saturated heterocycles. The van der Waals surface area contributed by atoms with Crippen LogP contribution in [-0.2, 0) is 19.5 Å². The fourth-order valence-corrected chi connectivity index (χ4v) is 2.75. The molecular weight excluding hydrogens is 224 g/mol. The van der Waals surface area contributed by atoms with E-state index in [1.165, 1.54) is 29.5 Å². The number of hydrogen-bond donors (Lipinski definition) is 1. The predicted octanol–water partition coefficient (Wildman–Crippen LogP) is 2.09. The quantitative estimate of drug-likeness (QED) is 0.898. The summed E-state index contributed by atoms with van der Waals surface area (Å²) in [6, 6.07) is 0.230. The zero-order valence-corrected chi connectivity index (χ0v) is 10.8. The summed E-state index contributed by atoms with van der Waals surface area (Å²) in [6.45, 7) is 3.91. The molecule has 1 atom stereocenters. The maximum atomic E-state index is 6.15. The molecule has 0 bridgehead atoms. The fourth-order valence-electron chi connectivity index (χ4n) is 2.75. The first kappa shape index (κ1) is 11.5. The molecule has 0 aromatic carbocycles. The Labute approximate surface area is 107 Å². The molecule has 4 nitrogen and oxygen atoms in total. The summed E-state index contributed by atoms with van der Waals surface area (Å²) in [5.74, 6) is 0. The maximum Gasteiger partial charge on any atom is 0.0539 e. The summed E-state index contributed by atoms with van der Waals surface area (Å²) in [5.41, 5.74) is 10.2. The Hall–Kier alpha value is -1.55. The van der Waals surface area contributed by atoms with E-state index >= 15 is 0 Å². The van der Waals surface area contributed by atoms with Crippen LogP contribution in [0.5, 0.6) is 0 Å². The van der Waals surface area contributed by atoms with Crippen LogP contribution < -0.4 is 5.73 Å². The normalized spacial score (nSPS) is 18.9. The van der Waals surface area contributed by atoms with Crippen LogP contribution in [-0.4, -0.2) is 14.3 Å². The highest BCUT2D eigenvalue weighted by molar-refractivity contribution is 5.30. The number of rotatable bonds is 3. The first-order valence-electron chi connectivity index (χ1n) is 6.71. The van der Waals surface area contributed by atoms with Crippen LogP contribution in [0.2, 0.25) is 0 Å². The monoisotopic (exact) mass is 244 g/mol. The minimum Gasteiger partial charge on any atom is -0.349 e. The Kier molecular flexibility index (Phi) is 2.96. The molecule has 0 saturated carbocycles. The van der Waals surface area contributed by atoms with Crippen LogP contribution in [0, 0.1) is 0 Å². The lowest BCUT2D eigenvalue weighted by molar-refractivity contribution is 0.573. The first-order valence-corrected chi connectivity index (χ1v) is 6.71. The Bertz CT molecular complexity index is 538. The number of fused-ring (bicyclic) bond motifs is 1. The minimum atomic E-state index is 0.230. The number of aromatic nitrogens is 3. The fraction of sp³-hybridized carbons (Fsp3) is 0.500. The van der Waals surface area contributed by atoms with Gasteiger partial charge in [0, 0.05) is 36.7 Å². The molecule has 18 heavy (non-hydrogen) atoms. The van der Waals surface area contributed by atoms with Crippen LogP contribution in [0.3, 0.4) is 0 Å². The molecular formula is C14H20N4. The third-order valence-corrected chi connectivity index (χ3v) is 3.73. The summed E-state index contributed by atoms with van der Waals surface area (Å²) in [7, 11) is 0. The van der Waals surface area contributed by atoms with Crippen molar-refractivity contribution in [2.75, 3.05) is 0 Å². The third-order valence-electron chi connectivity index (χ3n) is 3.73. The van der Waals surface area contributed by atoms with Gasteiger partial charge in [-0.25, -0.2) is 0 Å². The van der Waals surface area contributed by atoms with E-state index < -0.39 is 0 Å². The molecule has 2 aromatic rings. The molecule has 4 heteroatoms. The number of nitrogens with zero attached hydrogens (tertiary/aromatic N) is 3. The molecule has 1 aliphatic carbocycles. The first-order chi connectivity index (χ1) is 8.76. The van der Waals surface area contributed by atoms with Crippen molar-refractivity contribution in [1.29, 1.82) is 0 Å². The standard InChI is InChI=1S/C14H20N4/c1-2-18-8-11(6-16-18)7-17-9-12-4-3-5-14(15)13(12)10-17/h6,8-10,14H,2-5,7,15H2,1H3. The van der Waals surface area contributed by atoms with Gasteiger partial charge in [0.2, 0.25) is 0 Å². The average Bonchev–Trinajstić information content (AvgIpc) is 2.96. The highest BCUT2D eigenvalue weighted by atomic mass is 15.3. The van der Waals surface area contributed by atoms with E-state index in [0.29, 0.717) is 0 Å². The van der Waals surface area contributed by atoms with E-state index in [2.05, 4.69) is 35.2 Å². The van der Waals surface area contributed by atoms with E-state index in [9.17, 15) is 0 Å². The maximum absolute atomic E-state index is 6.15. The van der Waals surface area contributed by atoms with Gasteiger partial charge < -0.3 is 10.3 Å². The van der Waals surface area contributed by atoms with Gasteiger partial charge in [0.1, 0.15) is 0 Å². The highest BCUT2D eigenvalue weighted by Crippen LogP contribution is 2.28. The summed E-state index contributed by atoms with van der Waals surface area (Å²) >= 11 is 0. The molecule has 0 aliphatic heterocycles. The lowest BCUT2D eigenvalue weighted by atomic mass is 9.92. The van der Waals surface area contributed by atoms with Gasteiger partial charge in [-0.15, -0.1) is 0 Å². The second-order valence-electron chi connectivity index (χ2n) is 5.11. The minimum absolute atomic E-state index is 0.230. The van der Waals surface area contributed by atoms with Gasteiger partial charge >= 0.3 is 0 Å². The summed E-state index contributed by atoms with van der Waals surface area (Å²) in [6.07, 6.45) is 12.0. The van der Waals surface area contributed by atoms with Gasteiger partial charge in [-0.05, 0) is 37.3 Å². The van der Waals surface area contributed by atoms with E-state index in [1.54, 1.807) is 0 Å². The van der Waals surface area contributed by atoms with Gasteiger partial charge in [-0.1, -0.05) is 0 Å². The summed E-state index contributed by atoms with van der Waals surface area (Å²) in [5, 5.41) is 4.31. The van der Waals surface area contributed by atoms with Crippen molar-refractivity contribution in [1.82, 2.24) is 14.3 Å².